The second kappa shape index (κ2) is 8.23. The summed E-state index contributed by atoms with van der Waals surface area (Å²) in [5.74, 6) is 0.970. The van der Waals surface area contributed by atoms with Crippen LogP contribution >= 0.6 is 0 Å². The molecule has 1 aliphatic heterocycles. The Hall–Kier alpha value is -1.89. The largest absolute Gasteiger partial charge is 0.300 e. The lowest BCUT2D eigenvalue weighted by atomic mass is 9.91. The number of hydrogen-bond acceptors (Lipinski definition) is 6. The number of hydrazine groups is 1. The first kappa shape index (κ1) is 18.2. The first-order chi connectivity index (χ1) is 13.9. The minimum Gasteiger partial charge on any atom is -0.300 e. The third-order valence-corrected chi connectivity index (χ3v) is 6.42. The van der Waals surface area contributed by atoms with Crippen molar-refractivity contribution in [1.29, 1.82) is 0 Å². The molecule has 2 aliphatic carbocycles. The topological polar surface area (TPSA) is 48.4 Å². The number of pyridine rings is 1. The van der Waals surface area contributed by atoms with Gasteiger partial charge in [0.05, 0.1) is 24.0 Å². The van der Waals surface area contributed by atoms with Crippen LogP contribution in [0.2, 0.25) is 0 Å². The predicted molar refractivity (Wildman–Crippen MR) is 108 cm³/mol. The van der Waals surface area contributed by atoms with Crippen molar-refractivity contribution in [3.8, 4) is 0 Å². The van der Waals surface area contributed by atoms with Crippen LogP contribution < -0.4 is 0 Å². The van der Waals surface area contributed by atoms with Crippen LogP contribution in [0.15, 0.2) is 36.9 Å². The van der Waals surface area contributed by atoms with Gasteiger partial charge in [-0.15, -0.1) is 0 Å². The highest BCUT2D eigenvalue weighted by Crippen LogP contribution is 2.35. The maximum Gasteiger partial charge on any atom is 0.115 e. The number of aromatic nitrogens is 3. The number of aryl methyl sites for hydroxylation is 1. The Morgan fingerprint density at radius 1 is 1.00 bits per heavy atom. The molecular formula is C22H30N6. The Morgan fingerprint density at radius 3 is 2.68 bits per heavy atom. The van der Waals surface area contributed by atoms with Gasteiger partial charge in [0.25, 0.3) is 0 Å². The lowest BCUT2D eigenvalue weighted by molar-refractivity contribution is -0.101. The molecule has 3 aliphatic rings. The molecule has 0 radical (unpaired) electrons. The van der Waals surface area contributed by atoms with Gasteiger partial charge in [-0.1, -0.05) is 6.07 Å². The van der Waals surface area contributed by atoms with E-state index in [1.165, 1.54) is 50.2 Å². The van der Waals surface area contributed by atoms with Crippen LogP contribution in [0, 0.1) is 5.92 Å². The summed E-state index contributed by atoms with van der Waals surface area (Å²) in [5.41, 5.74) is 3.76. The zero-order chi connectivity index (χ0) is 18.8. The van der Waals surface area contributed by atoms with Gasteiger partial charge in [-0.25, -0.2) is 20.0 Å². The van der Waals surface area contributed by atoms with Crippen LogP contribution in [0.3, 0.4) is 0 Å². The Kier molecular flexibility index (Phi) is 5.34. The highest BCUT2D eigenvalue weighted by Gasteiger charge is 2.34. The van der Waals surface area contributed by atoms with Crippen molar-refractivity contribution in [1.82, 2.24) is 29.9 Å². The number of hydrogen-bond donors (Lipinski definition) is 0. The minimum absolute atomic E-state index is 0.342. The lowest BCUT2D eigenvalue weighted by Gasteiger charge is -2.45. The molecule has 1 unspecified atom stereocenters. The Balaban J connectivity index is 1.36. The summed E-state index contributed by atoms with van der Waals surface area (Å²) in [7, 11) is 0. The van der Waals surface area contributed by atoms with Crippen molar-refractivity contribution in [2.75, 3.05) is 32.7 Å². The third kappa shape index (κ3) is 4.09. The van der Waals surface area contributed by atoms with Crippen LogP contribution in [-0.4, -0.2) is 62.6 Å². The van der Waals surface area contributed by atoms with Gasteiger partial charge >= 0.3 is 0 Å². The van der Waals surface area contributed by atoms with Gasteiger partial charge in [-0.3, -0.25) is 4.98 Å². The fraction of sp³-hybridized carbons (Fsp3) is 0.591. The van der Waals surface area contributed by atoms with Crippen molar-refractivity contribution in [2.24, 2.45) is 5.92 Å². The SMILES string of the molecule is c1cnc2c(c1)CCCC2N(Cc1ccncn1)N1CCN(CC2CC2)CC1. The molecule has 28 heavy (non-hydrogen) atoms. The molecule has 3 heterocycles. The Morgan fingerprint density at radius 2 is 1.89 bits per heavy atom. The molecule has 0 N–H and O–H groups in total. The summed E-state index contributed by atoms with van der Waals surface area (Å²) in [6, 6.07) is 6.71. The Labute approximate surface area is 167 Å². The number of fused-ring (bicyclic) bond motifs is 1. The van der Waals surface area contributed by atoms with Crippen molar-refractivity contribution in [3.05, 3.63) is 53.9 Å². The summed E-state index contributed by atoms with van der Waals surface area (Å²) in [6.45, 7) is 6.64. The van der Waals surface area contributed by atoms with Gasteiger partial charge in [-0.2, -0.15) is 0 Å². The molecule has 0 spiro atoms. The fourth-order valence-corrected chi connectivity index (χ4v) is 4.70. The van der Waals surface area contributed by atoms with E-state index in [9.17, 15) is 0 Å². The van der Waals surface area contributed by atoms with E-state index in [0.29, 0.717) is 6.04 Å². The third-order valence-electron chi connectivity index (χ3n) is 6.42. The van der Waals surface area contributed by atoms with Gasteiger partial charge in [0, 0.05) is 45.1 Å². The molecule has 5 rings (SSSR count). The second-order valence-electron chi connectivity index (χ2n) is 8.45. The molecule has 2 aromatic heterocycles. The predicted octanol–water partition coefficient (Wildman–Crippen LogP) is 2.69. The van der Waals surface area contributed by atoms with Crippen LogP contribution in [0.1, 0.15) is 48.7 Å². The van der Waals surface area contributed by atoms with Gasteiger partial charge in [0.1, 0.15) is 6.33 Å². The molecular weight excluding hydrogens is 348 g/mol. The summed E-state index contributed by atoms with van der Waals surface area (Å²) in [5, 5.41) is 5.13. The molecule has 1 atom stereocenters. The average Bonchev–Trinajstić information content (AvgIpc) is 3.57. The molecule has 0 aromatic carbocycles. The quantitative estimate of drug-likeness (QED) is 0.770. The molecule has 1 saturated heterocycles. The second-order valence-corrected chi connectivity index (χ2v) is 8.45. The molecule has 2 fully saturated rings. The standard InChI is InChI=1S/C22H30N6/c1-3-19-4-2-9-24-22(19)21(5-1)28(16-20-8-10-23-17-25-20)27-13-11-26(12-14-27)15-18-6-7-18/h2,4,8-10,17-18,21H,1,3,5-7,11-16H2. The Bertz CT molecular complexity index is 770. The highest BCUT2D eigenvalue weighted by atomic mass is 15.6. The summed E-state index contributed by atoms with van der Waals surface area (Å²) < 4.78 is 0. The molecule has 0 bridgehead atoms. The van der Waals surface area contributed by atoms with E-state index in [2.05, 4.69) is 37.0 Å². The van der Waals surface area contributed by atoms with E-state index in [4.69, 9.17) is 4.98 Å². The molecule has 148 valence electrons. The van der Waals surface area contributed by atoms with Crippen molar-refractivity contribution < 1.29 is 0 Å². The first-order valence-corrected chi connectivity index (χ1v) is 10.8. The highest BCUT2D eigenvalue weighted by molar-refractivity contribution is 5.25. The van der Waals surface area contributed by atoms with Gasteiger partial charge in [0.2, 0.25) is 0 Å². The van der Waals surface area contributed by atoms with Crippen molar-refractivity contribution >= 4 is 0 Å². The zero-order valence-corrected chi connectivity index (χ0v) is 16.6. The van der Waals surface area contributed by atoms with Gasteiger partial charge < -0.3 is 4.90 Å². The van der Waals surface area contributed by atoms with Crippen LogP contribution in [0.25, 0.3) is 0 Å². The van der Waals surface area contributed by atoms with Crippen molar-refractivity contribution in [3.63, 3.8) is 0 Å². The zero-order valence-electron chi connectivity index (χ0n) is 16.6. The van der Waals surface area contributed by atoms with E-state index < -0.39 is 0 Å². The smallest absolute Gasteiger partial charge is 0.115 e. The molecule has 0 amide bonds. The maximum absolute atomic E-state index is 4.81. The summed E-state index contributed by atoms with van der Waals surface area (Å²) >= 11 is 0. The molecule has 1 saturated carbocycles. The lowest BCUT2D eigenvalue weighted by Crippen LogP contribution is -2.55. The van der Waals surface area contributed by atoms with E-state index in [1.54, 1.807) is 6.33 Å². The summed E-state index contributed by atoms with van der Waals surface area (Å²) in [6.07, 6.45) is 11.9. The fourth-order valence-electron chi connectivity index (χ4n) is 4.70. The molecule has 2 aromatic rings. The normalized spacial score (nSPS) is 23.7. The summed E-state index contributed by atoms with van der Waals surface area (Å²) in [4.78, 5) is 16.1. The van der Waals surface area contributed by atoms with E-state index >= 15 is 0 Å². The molecule has 6 heteroatoms. The van der Waals surface area contributed by atoms with E-state index in [-0.39, 0.29) is 0 Å². The minimum atomic E-state index is 0.342. The molecule has 6 nitrogen and oxygen atoms in total. The van der Waals surface area contributed by atoms with Crippen LogP contribution in [0.5, 0.6) is 0 Å². The van der Waals surface area contributed by atoms with Crippen LogP contribution in [0.4, 0.5) is 0 Å². The van der Waals surface area contributed by atoms with Crippen molar-refractivity contribution in [2.45, 2.75) is 44.7 Å². The maximum atomic E-state index is 4.81. The van der Waals surface area contributed by atoms with Gasteiger partial charge in [-0.05, 0) is 55.7 Å². The monoisotopic (exact) mass is 378 g/mol. The van der Waals surface area contributed by atoms with E-state index in [1.807, 2.05) is 18.5 Å². The number of rotatable bonds is 6. The van der Waals surface area contributed by atoms with E-state index in [0.717, 1.165) is 44.1 Å². The number of nitrogens with zero attached hydrogens (tertiary/aromatic N) is 6. The number of piperazine rings is 1. The van der Waals surface area contributed by atoms with Gasteiger partial charge in [0.15, 0.2) is 0 Å². The average molecular weight is 379 g/mol. The van der Waals surface area contributed by atoms with Crippen LogP contribution in [-0.2, 0) is 13.0 Å². The first-order valence-electron chi connectivity index (χ1n) is 10.8.